The van der Waals surface area contributed by atoms with Crippen LogP contribution in [0.25, 0.3) is 0 Å². The Morgan fingerprint density at radius 3 is 2.36 bits per heavy atom. The summed E-state index contributed by atoms with van der Waals surface area (Å²) in [5, 5.41) is 8.53. The van der Waals surface area contributed by atoms with Crippen LogP contribution in [0.2, 0.25) is 0 Å². The highest BCUT2D eigenvalue weighted by molar-refractivity contribution is 7.91. The van der Waals surface area contributed by atoms with Crippen molar-refractivity contribution in [1.29, 1.82) is 0 Å². The third kappa shape index (κ3) is 4.42. The van der Waals surface area contributed by atoms with Crippen LogP contribution in [0.5, 0.6) is 0 Å². The average Bonchev–Trinajstić information content (AvgIpc) is 2.56. The van der Waals surface area contributed by atoms with Gasteiger partial charge >= 0.3 is 0 Å². The smallest absolute Gasteiger partial charge is 0.152 e. The zero-order valence-electron chi connectivity index (χ0n) is 8.61. The molecule has 1 aliphatic rings. The molecule has 0 aromatic heterocycles. The van der Waals surface area contributed by atoms with Crippen molar-refractivity contribution in [2.75, 3.05) is 18.1 Å². The Hall–Kier alpha value is -0.0900. The van der Waals surface area contributed by atoms with E-state index in [-0.39, 0.29) is 18.1 Å². The van der Waals surface area contributed by atoms with E-state index in [4.69, 9.17) is 5.11 Å². The minimum Gasteiger partial charge on any atom is -0.395 e. The lowest BCUT2D eigenvalue weighted by Gasteiger charge is -2.08. The predicted octanol–water partition coefficient (Wildman–Crippen LogP) is 1.36. The van der Waals surface area contributed by atoms with E-state index in [9.17, 15) is 8.42 Å². The molecular weight excluding hydrogens is 200 g/mol. The SMILES string of the molecule is O=S(=O)(CCO)CCCC1CCCC1. The highest BCUT2D eigenvalue weighted by Gasteiger charge is 2.16. The van der Waals surface area contributed by atoms with E-state index in [2.05, 4.69) is 0 Å². The number of hydrogen-bond acceptors (Lipinski definition) is 3. The molecule has 84 valence electrons. The average molecular weight is 220 g/mol. The summed E-state index contributed by atoms with van der Waals surface area (Å²) < 4.78 is 22.5. The van der Waals surface area contributed by atoms with Gasteiger partial charge in [0.05, 0.1) is 18.1 Å². The first-order valence-electron chi connectivity index (χ1n) is 5.45. The standard InChI is InChI=1S/C10H20O3S/c11-7-9-14(12,13)8-3-6-10-4-1-2-5-10/h10-11H,1-9H2. The van der Waals surface area contributed by atoms with E-state index in [0.717, 1.165) is 18.8 Å². The van der Waals surface area contributed by atoms with Crippen LogP contribution in [0.1, 0.15) is 38.5 Å². The molecule has 0 atom stereocenters. The van der Waals surface area contributed by atoms with E-state index >= 15 is 0 Å². The van der Waals surface area contributed by atoms with Gasteiger partial charge in [0.1, 0.15) is 0 Å². The molecule has 3 nitrogen and oxygen atoms in total. The fraction of sp³-hybridized carbons (Fsp3) is 1.00. The summed E-state index contributed by atoms with van der Waals surface area (Å²) in [6.45, 7) is -0.244. The number of rotatable bonds is 6. The second-order valence-corrected chi connectivity index (χ2v) is 6.47. The van der Waals surface area contributed by atoms with Crippen LogP contribution < -0.4 is 0 Å². The van der Waals surface area contributed by atoms with Crippen LogP contribution >= 0.6 is 0 Å². The molecule has 0 amide bonds. The van der Waals surface area contributed by atoms with Crippen molar-refractivity contribution in [2.24, 2.45) is 5.92 Å². The summed E-state index contributed by atoms with van der Waals surface area (Å²) in [6, 6.07) is 0. The van der Waals surface area contributed by atoms with Gasteiger partial charge in [-0.2, -0.15) is 0 Å². The largest absolute Gasteiger partial charge is 0.395 e. The van der Waals surface area contributed by atoms with Crippen molar-refractivity contribution in [2.45, 2.75) is 38.5 Å². The van der Waals surface area contributed by atoms with Crippen molar-refractivity contribution in [3.05, 3.63) is 0 Å². The third-order valence-electron chi connectivity index (χ3n) is 2.94. The molecule has 1 fully saturated rings. The van der Waals surface area contributed by atoms with Gasteiger partial charge in [-0.3, -0.25) is 0 Å². The summed E-state index contributed by atoms with van der Waals surface area (Å²) in [6.07, 6.45) is 7.00. The molecule has 4 heteroatoms. The minimum atomic E-state index is -2.97. The van der Waals surface area contributed by atoms with Gasteiger partial charge < -0.3 is 5.11 Å². The van der Waals surface area contributed by atoms with Gasteiger partial charge in [0, 0.05) is 0 Å². The Kier molecular flexibility index (Phi) is 4.89. The van der Waals surface area contributed by atoms with Crippen LogP contribution in [-0.2, 0) is 9.84 Å². The molecule has 14 heavy (non-hydrogen) atoms. The highest BCUT2D eigenvalue weighted by Crippen LogP contribution is 2.28. The third-order valence-corrected chi connectivity index (χ3v) is 4.66. The maximum absolute atomic E-state index is 11.2. The van der Waals surface area contributed by atoms with Crippen molar-refractivity contribution in [3.63, 3.8) is 0 Å². The molecule has 1 aliphatic carbocycles. The van der Waals surface area contributed by atoms with E-state index in [0.29, 0.717) is 0 Å². The van der Waals surface area contributed by atoms with Crippen LogP contribution in [0.3, 0.4) is 0 Å². The maximum atomic E-state index is 11.2. The topological polar surface area (TPSA) is 54.4 Å². The molecule has 0 unspecified atom stereocenters. The number of aliphatic hydroxyl groups is 1. The maximum Gasteiger partial charge on any atom is 0.152 e. The Morgan fingerprint density at radius 2 is 1.79 bits per heavy atom. The second kappa shape index (κ2) is 5.71. The van der Waals surface area contributed by atoms with Crippen LogP contribution in [0.15, 0.2) is 0 Å². The first-order valence-corrected chi connectivity index (χ1v) is 7.27. The van der Waals surface area contributed by atoms with Crippen molar-refractivity contribution >= 4 is 9.84 Å². The predicted molar refractivity (Wildman–Crippen MR) is 56.9 cm³/mol. The lowest BCUT2D eigenvalue weighted by Crippen LogP contribution is -2.14. The summed E-state index contributed by atoms with van der Waals surface area (Å²) in [5.74, 6) is 0.946. The Morgan fingerprint density at radius 1 is 1.14 bits per heavy atom. The molecule has 0 aromatic carbocycles. The zero-order valence-corrected chi connectivity index (χ0v) is 9.43. The second-order valence-electron chi connectivity index (χ2n) is 4.17. The fourth-order valence-electron chi connectivity index (χ4n) is 2.13. The van der Waals surface area contributed by atoms with Gasteiger partial charge in [-0.05, 0) is 18.8 Å². The molecule has 0 radical (unpaired) electrons. The van der Waals surface area contributed by atoms with Crippen LogP contribution in [0.4, 0.5) is 0 Å². The molecule has 0 heterocycles. The highest BCUT2D eigenvalue weighted by atomic mass is 32.2. The first kappa shape index (κ1) is 12.0. The van der Waals surface area contributed by atoms with E-state index in [1.807, 2.05) is 0 Å². The van der Waals surface area contributed by atoms with Gasteiger partial charge in [0.15, 0.2) is 9.84 Å². The zero-order chi connectivity index (χ0) is 10.4. The van der Waals surface area contributed by atoms with Crippen LogP contribution in [0, 0.1) is 5.92 Å². The lowest BCUT2D eigenvalue weighted by molar-refractivity contribution is 0.319. The summed E-state index contributed by atoms with van der Waals surface area (Å²) in [5.41, 5.74) is 0. The lowest BCUT2D eigenvalue weighted by atomic mass is 10.0. The van der Waals surface area contributed by atoms with E-state index in [1.165, 1.54) is 25.7 Å². The normalized spacial score (nSPS) is 18.9. The first-order chi connectivity index (χ1) is 6.64. The molecular formula is C10H20O3S. The van der Waals surface area contributed by atoms with Crippen molar-refractivity contribution in [3.8, 4) is 0 Å². The fourth-order valence-corrected chi connectivity index (χ4v) is 3.22. The van der Waals surface area contributed by atoms with E-state index < -0.39 is 9.84 Å². The van der Waals surface area contributed by atoms with Crippen molar-refractivity contribution < 1.29 is 13.5 Å². The summed E-state index contributed by atoms with van der Waals surface area (Å²) >= 11 is 0. The van der Waals surface area contributed by atoms with Gasteiger partial charge in [0.2, 0.25) is 0 Å². The van der Waals surface area contributed by atoms with Crippen molar-refractivity contribution in [1.82, 2.24) is 0 Å². The summed E-state index contributed by atoms with van der Waals surface area (Å²) in [7, 11) is -2.97. The molecule has 0 bridgehead atoms. The molecule has 0 saturated heterocycles. The van der Waals surface area contributed by atoms with Gasteiger partial charge in [-0.25, -0.2) is 8.42 Å². The molecule has 1 N–H and O–H groups in total. The molecule has 0 aromatic rings. The number of hydrogen-bond donors (Lipinski definition) is 1. The Labute approximate surface area is 86.4 Å². The monoisotopic (exact) mass is 220 g/mol. The van der Waals surface area contributed by atoms with E-state index in [1.54, 1.807) is 0 Å². The van der Waals surface area contributed by atoms with Crippen LogP contribution in [-0.4, -0.2) is 31.6 Å². The minimum absolute atomic E-state index is 0.0718. The molecule has 0 aliphatic heterocycles. The molecule has 1 rings (SSSR count). The van der Waals surface area contributed by atoms with Gasteiger partial charge in [-0.1, -0.05) is 25.7 Å². The Bertz CT molecular complexity index is 240. The van der Waals surface area contributed by atoms with Gasteiger partial charge in [0.25, 0.3) is 0 Å². The Balaban J connectivity index is 2.13. The number of sulfone groups is 1. The van der Waals surface area contributed by atoms with Gasteiger partial charge in [-0.15, -0.1) is 0 Å². The summed E-state index contributed by atoms with van der Waals surface area (Å²) in [4.78, 5) is 0. The quantitative estimate of drug-likeness (QED) is 0.735. The molecule has 1 saturated carbocycles. The molecule has 0 spiro atoms. The number of aliphatic hydroxyl groups excluding tert-OH is 1.